The van der Waals surface area contributed by atoms with Crippen LogP contribution < -0.4 is 10.5 Å². The first kappa shape index (κ1) is 11.3. The predicted octanol–water partition coefficient (Wildman–Crippen LogP) is 2.68. The summed E-state index contributed by atoms with van der Waals surface area (Å²) in [5.41, 5.74) is 5.85. The van der Waals surface area contributed by atoms with E-state index < -0.39 is 11.4 Å². The lowest BCUT2D eigenvalue weighted by atomic mass is 9.95. The summed E-state index contributed by atoms with van der Waals surface area (Å²) in [7, 11) is 1.37. The molecule has 0 saturated carbocycles. The first-order chi connectivity index (χ1) is 6.36. The number of hydrogen-bond acceptors (Lipinski definition) is 2. The average molecular weight is 218 g/mol. The van der Waals surface area contributed by atoms with Gasteiger partial charge in [0.25, 0.3) is 0 Å². The Morgan fingerprint density at radius 1 is 1.43 bits per heavy atom. The molecule has 0 saturated heterocycles. The molecule has 1 aromatic carbocycles. The lowest BCUT2D eigenvalue weighted by Crippen LogP contribution is -2.28. The molecule has 4 heteroatoms. The SMILES string of the molecule is COc1c(F)cc(C(C)(C)N)cc1Cl. The molecule has 0 unspecified atom stereocenters. The first-order valence-corrected chi connectivity index (χ1v) is 4.56. The van der Waals surface area contributed by atoms with Gasteiger partial charge in [0.15, 0.2) is 11.6 Å². The van der Waals surface area contributed by atoms with Crippen molar-refractivity contribution in [3.05, 3.63) is 28.5 Å². The minimum atomic E-state index is -0.614. The van der Waals surface area contributed by atoms with Crippen LogP contribution in [0.4, 0.5) is 4.39 Å². The van der Waals surface area contributed by atoms with Crippen molar-refractivity contribution >= 4 is 11.6 Å². The number of ether oxygens (including phenoxy) is 1. The van der Waals surface area contributed by atoms with Gasteiger partial charge >= 0.3 is 0 Å². The van der Waals surface area contributed by atoms with Gasteiger partial charge in [-0.05, 0) is 31.5 Å². The molecule has 0 heterocycles. The topological polar surface area (TPSA) is 35.2 Å². The van der Waals surface area contributed by atoms with Crippen molar-refractivity contribution in [2.75, 3.05) is 7.11 Å². The molecular weight excluding hydrogens is 205 g/mol. The predicted molar refractivity (Wildman–Crippen MR) is 55.2 cm³/mol. The summed E-state index contributed by atoms with van der Waals surface area (Å²) >= 11 is 5.82. The van der Waals surface area contributed by atoms with Crippen molar-refractivity contribution in [2.45, 2.75) is 19.4 Å². The third kappa shape index (κ3) is 2.16. The van der Waals surface area contributed by atoms with E-state index in [1.54, 1.807) is 19.9 Å². The zero-order valence-corrected chi connectivity index (χ0v) is 9.15. The molecular formula is C10H13ClFNO. The van der Waals surface area contributed by atoms with E-state index in [-0.39, 0.29) is 10.8 Å². The van der Waals surface area contributed by atoms with Gasteiger partial charge in [-0.2, -0.15) is 0 Å². The van der Waals surface area contributed by atoms with Crippen LogP contribution in [0.25, 0.3) is 0 Å². The Hall–Kier alpha value is -0.800. The molecule has 0 fully saturated rings. The highest BCUT2D eigenvalue weighted by molar-refractivity contribution is 6.32. The lowest BCUT2D eigenvalue weighted by Gasteiger charge is -2.20. The van der Waals surface area contributed by atoms with Gasteiger partial charge in [0.05, 0.1) is 12.1 Å². The Bertz CT molecular complexity index is 323. The van der Waals surface area contributed by atoms with Crippen LogP contribution >= 0.6 is 11.6 Å². The van der Waals surface area contributed by atoms with Gasteiger partial charge in [-0.1, -0.05) is 11.6 Å². The van der Waals surface area contributed by atoms with E-state index in [0.717, 1.165) is 0 Å². The standard InChI is InChI=1S/C10H13ClFNO/c1-10(2,13)6-4-7(11)9(14-3)8(12)5-6/h4-5H,13H2,1-3H3. The molecule has 1 aromatic rings. The number of halogens is 2. The summed E-state index contributed by atoms with van der Waals surface area (Å²) in [6.07, 6.45) is 0. The third-order valence-corrected chi connectivity index (χ3v) is 2.23. The largest absolute Gasteiger partial charge is 0.492 e. The second-order valence-corrected chi connectivity index (χ2v) is 4.10. The van der Waals surface area contributed by atoms with Crippen molar-refractivity contribution in [2.24, 2.45) is 5.73 Å². The Morgan fingerprint density at radius 3 is 2.36 bits per heavy atom. The van der Waals surface area contributed by atoms with E-state index in [1.807, 2.05) is 0 Å². The maximum Gasteiger partial charge on any atom is 0.173 e. The van der Waals surface area contributed by atoms with Crippen molar-refractivity contribution in [3.63, 3.8) is 0 Å². The molecule has 0 radical (unpaired) electrons. The minimum absolute atomic E-state index is 0.0552. The summed E-state index contributed by atoms with van der Waals surface area (Å²) in [5, 5.41) is 0.237. The normalized spacial score (nSPS) is 11.6. The average Bonchev–Trinajstić information content (AvgIpc) is 2.01. The number of hydrogen-bond donors (Lipinski definition) is 1. The molecule has 0 spiro atoms. The Balaban J connectivity index is 3.28. The molecule has 1 rings (SSSR count). The van der Waals surface area contributed by atoms with Crippen LogP contribution in [0.15, 0.2) is 12.1 Å². The van der Waals surface area contributed by atoms with Crippen LogP contribution in [0.1, 0.15) is 19.4 Å². The second-order valence-electron chi connectivity index (χ2n) is 3.69. The quantitative estimate of drug-likeness (QED) is 0.827. The van der Waals surface area contributed by atoms with Gasteiger partial charge in [-0.25, -0.2) is 4.39 Å². The number of benzene rings is 1. The lowest BCUT2D eigenvalue weighted by molar-refractivity contribution is 0.385. The summed E-state index contributed by atoms with van der Waals surface area (Å²) in [6, 6.07) is 2.95. The summed E-state index contributed by atoms with van der Waals surface area (Å²) in [5.74, 6) is -0.437. The molecule has 14 heavy (non-hydrogen) atoms. The van der Waals surface area contributed by atoms with Crippen LogP contribution in [-0.4, -0.2) is 7.11 Å². The summed E-state index contributed by atoms with van der Waals surface area (Å²) in [4.78, 5) is 0. The van der Waals surface area contributed by atoms with E-state index in [1.165, 1.54) is 13.2 Å². The molecule has 0 bridgehead atoms. The monoisotopic (exact) mass is 217 g/mol. The molecule has 78 valence electrons. The minimum Gasteiger partial charge on any atom is -0.492 e. The van der Waals surface area contributed by atoms with Crippen LogP contribution in [0, 0.1) is 5.82 Å². The molecule has 0 aromatic heterocycles. The fourth-order valence-electron chi connectivity index (χ4n) is 1.13. The van der Waals surface area contributed by atoms with Gasteiger partial charge in [0, 0.05) is 5.54 Å². The van der Waals surface area contributed by atoms with E-state index >= 15 is 0 Å². The van der Waals surface area contributed by atoms with Crippen LogP contribution in [0.3, 0.4) is 0 Å². The van der Waals surface area contributed by atoms with Gasteiger partial charge < -0.3 is 10.5 Å². The molecule has 0 aliphatic heterocycles. The van der Waals surface area contributed by atoms with Crippen LogP contribution in [-0.2, 0) is 5.54 Å². The highest BCUT2D eigenvalue weighted by Crippen LogP contribution is 2.31. The smallest absolute Gasteiger partial charge is 0.173 e. The number of methoxy groups -OCH3 is 1. The maximum atomic E-state index is 13.4. The van der Waals surface area contributed by atoms with E-state index in [4.69, 9.17) is 22.1 Å². The molecule has 0 atom stereocenters. The van der Waals surface area contributed by atoms with Crippen molar-refractivity contribution in [1.29, 1.82) is 0 Å². The fraction of sp³-hybridized carbons (Fsp3) is 0.400. The molecule has 2 nitrogen and oxygen atoms in total. The van der Waals surface area contributed by atoms with Crippen molar-refractivity contribution in [3.8, 4) is 5.75 Å². The maximum absolute atomic E-state index is 13.4. The van der Waals surface area contributed by atoms with Crippen LogP contribution in [0.2, 0.25) is 5.02 Å². The zero-order chi connectivity index (χ0) is 10.9. The number of nitrogens with two attached hydrogens (primary N) is 1. The second kappa shape index (κ2) is 3.75. The van der Waals surface area contributed by atoms with Gasteiger partial charge in [-0.3, -0.25) is 0 Å². The van der Waals surface area contributed by atoms with Gasteiger partial charge in [0.2, 0.25) is 0 Å². The van der Waals surface area contributed by atoms with Crippen LogP contribution in [0.5, 0.6) is 5.75 Å². The van der Waals surface area contributed by atoms with Crippen molar-refractivity contribution < 1.29 is 9.13 Å². The Morgan fingerprint density at radius 2 is 2.00 bits per heavy atom. The molecule has 0 aliphatic rings. The highest BCUT2D eigenvalue weighted by Gasteiger charge is 2.18. The Kier molecular flexibility index (Phi) is 3.02. The van der Waals surface area contributed by atoms with Gasteiger partial charge in [0.1, 0.15) is 0 Å². The van der Waals surface area contributed by atoms with E-state index in [0.29, 0.717) is 5.56 Å². The fourth-order valence-corrected chi connectivity index (χ4v) is 1.41. The van der Waals surface area contributed by atoms with Crippen molar-refractivity contribution in [1.82, 2.24) is 0 Å². The molecule has 0 amide bonds. The molecule has 2 N–H and O–H groups in total. The summed E-state index contributed by atoms with van der Waals surface area (Å²) < 4.78 is 18.2. The first-order valence-electron chi connectivity index (χ1n) is 4.18. The summed E-state index contributed by atoms with van der Waals surface area (Å²) in [6.45, 7) is 3.56. The zero-order valence-electron chi connectivity index (χ0n) is 8.40. The molecule has 0 aliphatic carbocycles. The van der Waals surface area contributed by atoms with Gasteiger partial charge in [-0.15, -0.1) is 0 Å². The highest BCUT2D eigenvalue weighted by atomic mass is 35.5. The number of rotatable bonds is 2. The Labute approximate surface area is 87.8 Å². The third-order valence-electron chi connectivity index (χ3n) is 1.95. The van der Waals surface area contributed by atoms with E-state index in [2.05, 4.69) is 0 Å². The van der Waals surface area contributed by atoms with E-state index in [9.17, 15) is 4.39 Å².